The molecule has 0 spiro atoms. The van der Waals surface area contributed by atoms with Crippen LogP contribution in [0.1, 0.15) is 29.9 Å². The average Bonchev–Trinajstić information content (AvgIpc) is 2.62. The average molecular weight is 314 g/mol. The van der Waals surface area contributed by atoms with Gasteiger partial charge >= 0.3 is 5.97 Å². The molecule has 0 saturated heterocycles. The molecule has 2 aromatic rings. The summed E-state index contributed by atoms with van der Waals surface area (Å²) in [5, 5.41) is 9.91. The molecule has 0 aliphatic rings. The van der Waals surface area contributed by atoms with E-state index in [9.17, 15) is 4.79 Å². The van der Waals surface area contributed by atoms with E-state index >= 15 is 0 Å². The number of nitrogens with two attached hydrogens (primary N) is 2. The van der Waals surface area contributed by atoms with Crippen molar-refractivity contribution in [2.45, 2.75) is 13.8 Å². The van der Waals surface area contributed by atoms with E-state index in [0.29, 0.717) is 5.69 Å². The SMILES string of the molecule is CC.COC(=O)c1cnc(N(N)c2ccc(C#N)nc2)c(N)c1. The molecule has 0 aromatic carbocycles. The highest BCUT2D eigenvalue weighted by Gasteiger charge is 2.14. The monoisotopic (exact) mass is 314 g/mol. The molecule has 0 unspecified atom stereocenters. The van der Waals surface area contributed by atoms with Crippen LogP contribution in [-0.4, -0.2) is 23.0 Å². The number of nitriles is 1. The van der Waals surface area contributed by atoms with Crippen LogP contribution < -0.4 is 16.6 Å². The Hall–Kier alpha value is -3.18. The third kappa shape index (κ3) is 4.15. The van der Waals surface area contributed by atoms with Crippen molar-refractivity contribution in [3.8, 4) is 6.07 Å². The number of ether oxygens (including phenoxy) is 1. The molecule has 4 N–H and O–H groups in total. The first-order chi connectivity index (χ1) is 11.1. The fraction of sp³-hybridized carbons (Fsp3) is 0.200. The highest BCUT2D eigenvalue weighted by Crippen LogP contribution is 2.25. The zero-order valence-electron chi connectivity index (χ0n) is 13.1. The molecule has 0 radical (unpaired) electrons. The standard InChI is InChI=1S/C13H12N6O2.C2H6/c1-21-13(20)8-4-11(15)12(18-6-8)19(16)10-3-2-9(5-14)17-7-10;1-2/h2-4,6-7H,15-16H2,1H3;1-2H3. The quantitative estimate of drug-likeness (QED) is 0.497. The van der Waals surface area contributed by atoms with Crippen LogP contribution in [0.4, 0.5) is 17.2 Å². The molecule has 8 heteroatoms. The minimum atomic E-state index is -0.538. The number of hydrogen-bond acceptors (Lipinski definition) is 8. The molecular weight excluding hydrogens is 296 g/mol. The zero-order valence-corrected chi connectivity index (χ0v) is 13.1. The van der Waals surface area contributed by atoms with Crippen molar-refractivity contribution < 1.29 is 9.53 Å². The van der Waals surface area contributed by atoms with E-state index in [1.165, 1.54) is 36.6 Å². The summed E-state index contributed by atoms with van der Waals surface area (Å²) in [6.07, 6.45) is 2.74. The maximum Gasteiger partial charge on any atom is 0.339 e. The molecule has 120 valence electrons. The van der Waals surface area contributed by atoms with E-state index in [0.717, 1.165) is 0 Å². The molecular formula is C15H18N6O2. The van der Waals surface area contributed by atoms with Crippen molar-refractivity contribution in [3.05, 3.63) is 41.9 Å². The Balaban J connectivity index is 0.00000127. The van der Waals surface area contributed by atoms with Gasteiger partial charge in [-0.3, -0.25) is 5.01 Å². The third-order valence-electron chi connectivity index (χ3n) is 2.68. The number of nitrogen functional groups attached to an aromatic ring is 1. The molecule has 0 bridgehead atoms. The number of nitrogens with zero attached hydrogens (tertiary/aromatic N) is 4. The summed E-state index contributed by atoms with van der Waals surface area (Å²) >= 11 is 0. The molecule has 0 saturated carbocycles. The summed E-state index contributed by atoms with van der Waals surface area (Å²) < 4.78 is 4.58. The van der Waals surface area contributed by atoms with Gasteiger partial charge in [0.1, 0.15) is 11.8 Å². The highest BCUT2D eigenvalue weighted by molar-refractivity contribution is 5.91. The van der Waals surface area contributed by atoms with Crippen molar-refractivity contribution in [2.75, 3.05) is 17.9 Å². The normalized spacial score (nSPS) is 9.17. The van der Waals surface area contributed by atoms with Crippen LogP contribution in [0, 0.1) is 11.3 Å². The summed E-state index contributed by atoms with van der Waals surface area (Å²) in [7, 11) is 1.27. The van der Waals surface area contributed by atoms with Crippen LogP contribution >= 0.6 is 0 Å². The van der Waals surface area contributed by atoms with E-state index < -0.39 is 5.97 Å². The van der Waals surface area contributed by atoms with Crippen LogP contribution in [0.25, 0.3) is 0 Å². The van der Waals surface area contributed by atoms with E-state index in [1.54, 1.807) is 6.07 Å². The number of carbonyl (C=O) groups excluding carboxylic acids is 1. The number of aromatic nitrogens is 2. The second kappa shape index (κ2) is 8.31. The lowest BCUT2D eigenvalue weighted by Crippen LogP contribution is -2.27. The van der Waals surface area contributed by atoms with E-state index in [-0.39, 0.29) is 22.8 Å². The lowest BCUT2D eigenvalue weighted by molar-refractivity contribution is 0.0600. The topological polar surface area (TPSA) is 131 Å². The largest absolute Gasteiger partial charge is 0.465 e. The van der Waals surface area contributed by atoms with Crippen molar-refractivity contribution in [2.24, 2.45) is 5.84 Å². The van der Waals surface area contributed by atoms with Gasteiger partial charge < -0.3 is 10.5 Å². The zero-order chi connectivity index (χ0) is 17.4. The van der Waals surface area contributed by atoms with Crippen LogP contribution in [0.3, 0.4) is 0 Å². The highest BCUT2D eigenvalue weighted by atomic mass is 16.5. The Kier molecular flexibility index (Phi) is 6.46. The molecule has 2 aromatic heterocycles. The summed E-state index contributed by atoms with van der Waals surface area (Å²) in [5.74, 6) is 5.64. The summed E-state index contributed by atoms with van der Waals surface area (Å²) in [6, 6.07) is 6.46. The molecule has 0 aliphatic heterocycles. The first-order valence-electron chi connectivity index (χ1n) is 6.81. The second-order valence-corrected chi connectivity index (χ2v) is 4.01. The van der Waals surface area contributed by atoms with Gasteiger partial charge in [-0.05, 0) is 18.2 Å². The summed E-state index contributed by atoms with van der Waals surface area (Å²) in [6.45, 7) is 4.00. The smallest absolute Gasteiger partial charge is 0.339 e. The summed E-state index contributed by atoms with van der Waals surface area (Å²) in [4.78, 5) is 19.3. The van der Waals surface area contributed by atoms with Gasteiger partial charge in [0, 0.05) is 6.20 Å². The lowest BCUT2D eigenvalue weighted by Gasteiger charge is -2.19. The lowest BCUT2D eigenvalue weighted by atomic mass is 10.2. The fourth-order valence-electron chi connectivity index (χ4n) is 1.62. The van der Waals surface area contributed by atoms with Crippen molar-refractivity contribution in [1.29, 1.82) is 5.26 Å². The van der Waals surface area contributed by atoms with Crippen molar-refractivity contribution >= 4 is 23.2 Å². The van der Waals surface area contributed by atoms with Gasteiger partial charge in [-0.25, -0.2) is 20.6 Å². The summed E-state index contributed by atoms with van der Waals surface area (Å²) in [5.41, 5.74) is 7.05. The number of carbonyl (C=O) groups is 1. The number of rotatable bonds is 3. The Morgan fingerprint density at radius 2 is 2.00 bits per heavy atom. The van der Waals surface area contributed by atoms with Gasteiger partial charge in [0.15, 0.2) is 5.82 Å². The number of esters is 1. The molecule has 2 rings (SSSR count). The van der Waals surface area contributed by atoms with Gasteiger partial charge in [-0.1, -0.05) is 13.8 Å². The van der Waals surface area contributed by atoms with Gasteiger partial charge in [0.2, 0.25) is 0 Å². The fourth-order valence-corrected chi connectivity index (χ4v) is 1.62. The minimum absolute atomic E-state index is 0.213. The van der Waals surface area contributed by atoms with Crippen LogP contribution in [0.5, 0.6) is 0 Å². The van der Waals surface area contributed by atoms with E-state index in [1.807, 2.05) is 19.9 Å². The Bertz CT molecular complexity index is 709. The van der Waals surface area contributed by atoms with E-state index in [2.05, 4.69) is 14.7 Å². The predicted octanol–water partition coefficient (Wildman–Crippen LogP) is 1.76. The number of pyridine rings is 2. The van der Waals surface area contributed by atoms with Crippen LogP contribution in [0.2, 0.25) is 0 Å². The molecule has 2 heterocycles. The van der Waals surface area contributed by atoms with E-state index in [4.69, 9.17) is 16.8 Å². The maximum absolute atomic E-state index is 11.4. The number of hydrazine groups is 1. The number of hydrogen-bond donors (Lipinski definition) is 2. The third-order valence-corrected chi connectivity index (χ3v) is 2.68. The Labute approximate surface area is 134 Å². The molecule has 0 fully saturated rings. The molecule has 23 heavy (non-hydrogen) atoms. The molecule has 0 amide bonds. The molecule has 0 aliphatic carbocycles. The first-order valence-corrected chi connectivity index (χ1v) is 6.81. The van der Waals surface area contributed by atoms with Gasteiger partial charge in [-0.15, -0.1) is 0 Å². The Morgan fingerprint density at radius 3 is 2.48 bits per heavy atom. The van der Waals surface area contributed by atoms with Crippen LogP contribution in [0.15, 0.2) is 30.6 Å². The second-order valence-electron chi connectivity index (χ2n) is 4.01. The van der Waals surface area contributed by atoms with Crippen LogP contribution in [-0.2, 0) is 4.74 Å². The van der Waals surface area contributed by atoms with Crippen molar-refractivity contribution in [1.82, 2.24) is 9.97 Å². The van der Waals surface area contributed by atoms with Gasteiger partial charge in [0.05, 0.1) is 30.2 Å². The maximum atomic E-state index is 11.4. The molecule has 8 nitrogen and oxygen atoms in total. The Morgan fingerprint density at radius 1 is 1.30 bits per heavy atom. The van der Waals surface area contributed by atoms with Gasteiger partial charge in [-0.2, -0.15) is 5.26 Å². The minimum Gasteiger partial charge on any atom is -0.465 e. The number of anilines is 3. The first kappa shape index (κ1) is 17.9. The number of methoxy groups -OCH3 is 1. The van der Waals surface area contributed by atoms with Crippen molar-refractivity contribution in [3.63, 3.8) is 0 Å². The molecule has 0 atom stereocenters. The van der Waals surface area contributed by atoms with Gasteiger partial charge in [0.25, 0.3) is 0 Å². The predicted molar refractivity (Wildman–Crippen MR) is 86.6 cm³/mol.